The molecule has 0 saturated heterocycles. The fraction of sp³-hybridized carbons (Fsp3) is 0.500. The molecule has 0 fully saturated rings. The molecule has 0 aliphatic heterocycles. The molecule has 19 heavy (non-hydrogen) atoms. The predicted molar refractivity (Wildman–Crippen MR) is 75.7 cm³/mol. The summed E-state index contributed by atoms with van der Waals surface area (Å²) in [5.41, 5.74) is 2.01. The van der Waals surface area contributed by atoms with Crippen LogP contribution in [0.15, 0.2) is 24.3 Å². The number of ether oxygens (including phenoxy) is 2. The molecule has 3 nitrogen and oxygen atoms in total. The largest absolute Gasteiger partial charge is 0.384 e. The van der Waals surface area contributed by atoms with Crippen molar-refractivity contribution in [1.29, 1.82) is 0 Å². The first kappa shape index (κ1) is 15.7. The van der Waals surface area contributed by atoms with Gasteiger partial charge in [-0.3, -0.25) is 0 Å². The summed E-state index contributed by atoms with van der Waals surface area (Å²) in [6.45, 7) is 6.75. The van der Waals surface area contributed by atoms with Gasteiger partial charge in [0.2, 0.25) is 0 Å². The van der Waals surface area contributed by atoms with Gasteiger partial charge < -0.3 is 14.6 Å². The van der Waals surface area contributed by atoms with Crippen LogP contribution in [0.25, 0.3) is 0 Å². The van der Waals surface area contributed by atoms with Crippen LogP contribution in [0.1, 0.15) is 25.0 Å². The fourth-order valence-electron chi connectivity index (χ4n) is 1.45. The van der Waals surface area contributed by atoms with Crippen LogP contribution in [0.5, 0.6) is 0 Å². The number of hydrogen-bond donors (Lipinski definition) is 1. The van der Waals surface area contributed by atoms with E-state index in [1.165, 1.54) is 0 Å². The fourth-order valence-corrected chi connectivity index (χ4v) is 1.45. The van der Waals surface area contributed by atoms with E-state index >= 15 is 0 Å². The van der Waals surface area contributed by atoms with Crippen molar-refractivity contribution in [2.45, 2.75) is 20.5 Å². The zero-order valence-corrected chi connectivity index (χ0v) is 11.7. The number of aliphatic hydroxyl groups excluding tert-OH is 1. The highest BCUT2D eigenvalue weighted by atomic mass is 16.5. The Labute approximate surface area is 115 Å². The average molecular weight is 262 g/mol. The van der Waals surface area contributed by atoms with Crippen molar-refractivity contribution in [2.75, 3.05) is 26.4 Å². The lowest BCUT2D eigenvalue weighted by atomic mass is 10.1. The number of hydrogen-bond acceptors (Lipinski definition) is 3. The molecule has 0 bridgehead atoms. The molecule has 0 aliphatic rings. The first-order chi connectivity index (χ1) is 9.22. The van der Waals surface area contributed by atoms with E-state index in [0.717, 1.165) is 17.7 Å². The number of benzene rings is 1. The van der Waals surface area contributed by atoms with Gasteiger partial charge in [-0.2, -0.15) is 0 Å². The summed E-state index contributed by atoms with van der Waals surface area (Å²) >= 11 is 0. The summed E-state index contributed by atoms with van der Waals surface area (Å²) in [5.74, 6) is 6.03. The van der Waals surface area contributed by atoms with Gasteiger partial charge >= 0.3 is 0 Å². The minimum absolute atomic E-state index is 0.110. The summed E-state index contributed by atoms with van der Waals surface area (Å²) in [7, 11) is 0. The van der Waals surface area contributed by atoms with Crippen LogP contribution in [0.2, 0.25) is 0 Å². The lowest BCUT2D eigenvalue weighted by Gasteiger charge is -2.07. The van der Waals surface area contributed by atoms with Gasteiger partial charge in [0.1, 0.15) is 6.61 Å². The zero-order valence-electron chi connectivity index (χ0n) is 11.7. The van der Waals surface area contributed by atoms with Crippen molar-refractivity contribution in [3.63, 3.8) is 0 Å². The van der Waals surface area contributed by atoms with Crippen LogP contribution in [0.4, 0.5) is 0 Å². The maximum Gasteiger partial charge on any atom is 0.104 e. The Morgan fingerprint density at radius 2 is 1.79 bits per heavy atom. The highest BCUT2D eigenvalue weighted by Gasteiger charge is 1.96. The van der Waals surface area contributed by atoms with Gasteiger partial charge in [-0.05, 0) is 23.6 Å². The summed E-state index contributed by atoms with van der Waals surface area (Å²) in [6.07, 6.45) is 0. The molecule has 1 N–H and O–H groups in total. The SMILES string of the molecule is CC(C)COCCOCc1ccc(C#CCO)cc1. The van der Waals surface area contributed by atoms with Gasteiger partial charge in [-0.1, -0.05) is 37.8 Å². The molecule has 0 atom stereocenters. The molecule has 104 valence electrons. The quantitative estimate of drug-likeness (QED) is 0.605. The maximum absolute atomic E-state index is 8.60. The van der Waals surface area contributed by atoms with Crippen molar-refractivity contribution in [1.82, 2.24) is 0 Å². The topological polar surface area (TPSA) is 38.7 Å². The van der Waals surface area contributed by atoms with Crippen molar-refractivity contribution in [3.05, 3.63) is 35.4 Å². The Kier molecular flexibility index (Phi) is 7.92. The van der Waals surface area contributed by atoms with E-state index < -0.39 is 0 Å². The van der Waals surface area contributed by atoms with E-state index in [2.05, 4.69) is 25.7 Å². The zero-order chi connectivity index (χ0) is 13.9. The third-order valence-corrected chi connectivity index (χ3v) is 2.36. The van der Waals surface area contributed by atoms with E-state index in [1.807, 2.05) is 24.3 Å². The minimum Gasteiger partial charge on any atom is -0.384 e. The highest BCUT2D eigenvalue weighted by molar-refractivity contribution is 5.35. The van der Waals surface area contributed by atoms with Crippen LogP contribution in [-0.2, 0) is 16.1 Å². The molecule has 1 aromatic carbocycles. The van der Waals surface area contributed by atoms with E-state index in [0.29, 0.717) is 25.7 Å². The summed E-state index contributed by atoms with van der Waals surface area (Å²) in [5, 5.41) is 8.60. The normalized spacial score (nSPS) is 10.3. The molecule has 0 heterocycles. The van der Waals surface area contributed by atoms with Gasteiger partial charge in [0.15, 0.2) is 0 Å². The highest BCUT2D eigenvalue weighted by Crippen LogP contribution is 2.04. The third kappa shape index (κ3) is 7.63. The summed E-state index contributed by atoms with van der Waals surface area (Å²) in [4.78, 5) is 0. The van der Waals surface area contributed by atoms with Crippen LogP contribution in [-0.4, -0.2) is 31.5 Å². The lowest BCUT2D eigenvalue weighted by Crippen LogP contribution is -2.08. The van der Waals surface area contributed by atoms with Crippen LogP contribution in [0.3, 0.4) is 0 Å². The van der Waals surface area contributed by atoms with E-state index in [9.17, 15) is 0 Å². The monoisotopic (exact) mass is 262 g/mol. The first-order valence-electron chi connectivity index (χ1n) is 6.56. The molecule has 0 amide bonds. The van der Waals surface area contributed by atoms with Crippen LogP contribution in [0, 0.1) is 17.8 Å². The molecule has 3 heteroatoms. The van der Waals surface area contributed by atoms with Gasteiger partial charge in [-0.15, -0.1) is 0 Å². The van der Waals surface area contributed by atoms with Crippen molar-refractivity contribution >= 4 is 0 Å². The van der Waals surface area contributed by atoms with E-state index in [4.69, 9.17) is 14.6 Å². The van der Waals surface area contributed by atoms with Crippen molar-refractivity contribution in [2.24, 2.45) is 5.92 Å². The van der Waals surface area contributed by atoms with Crippen molar-refractivity contribution in [3.8, 4) is 11.8 Å². The molecule has 0 spiro atoms. The molecular formula is C16H22O3. The second kappa shape index (κ2) is 9.57. The molecule has 0 radical (unpaired) electrons. The van der Waals surface area contributed by atoms with Crippen LogP contribution >= 0.6 is 0 Å². The Morgan fingerprint density at radius 1 is 1.11 bits per heavy atom. The average Bonchev–Trinajstić information content (AvgIpc) is 2.41. The van der Waals surface area contributed by atoms with Crippen molar-refractivity contribution < 1.29 is 14.6 Å². The first-order valence-corrected chi connectivity index (χ1v) is 6.56. The maximum atomic E-state index is 8.60. The Bertz CT molecular complexity index is 398. The molecule has 0 unspecified atom stereocenters. The number of aliphatic hydroxyl groups is 1. The van der Waals surface area contributed by atoms with Crippen LogP contribution < -0.4 is 0 Å². The van der Waals surface area contributed by atoms with E-state index in [-0.39, 0.29) is 6.61 Å². The molecular weight excluding hydrogens is 240 g/mol. The van der Waals surface area contributed by atoms with Gasteiger partial charge in [0.25, 0.3) is 0 Å². The second-order valence-corrected chi connectivity index (χ2v) is 4.68. The Hall–Kier alpha value is -1.34. The third-order valence-electron chi connectivity index (χ3n) is 2.36. The van der Waals surface area contributed by atoms with Gasteiger partial charge in [-0.25, -0.2) is 0 Å². The van der Waals surface area contributed by atoms with Gasteiger partial charge in [0.05, 0.1) is 19.8 Å². The Balaban J connectivity index is 2.19. The number of rotatable bonds is 7. The Morgan fingerprint density at radius 3 is 2.42 bits per heavy atom. The molecule has 1 aromatic rings. The van der Waals surface area contributed by atoms with E-state index in [1.54, 1.807) is 0 Å². The van der Waals surface area contributed by atoms with Gasteiger partial charge in [0, 0.05) is 12.2 Å². The second-order valence-electron chi connectivity index (χ2n) is 4.68. The lowest BCUT2D eigenvalue weighted by molar-refractivity contribution is 0.0314. The molecule has 0 saturated carbocycles. The predicted octanol–water partition coefficient (Wildman–Crippen LogP) is 2.22. The standard InChI is InChI=1S/C16H22O3/c1-14(2)12-18-10-11-19-13-16-7-5-15(6-8-16)4-3-9-17/h5-8,14,17H,9-13H2,1-2H3. The summed E-state index contributed by atoms with van der Waals surface area (Å²) < 4.78 is 11.0. The molecule has 0 aromatic heterocycles. The minimum atomic E-state index is -0.110. The molecule has 1 rings (SSSR count). The smallest absolute Gasteiger partial charge is 0.104 e. The molecule has 0 aliphatic carbocycles. The summed E-state index contributed by atoms with van der Waals surface area (Å²) in [6, 6.07) is 7.82.